The summed E-state index contributed by atoms with van der Waals surface area (Å²) in [4.78, 5) is 0. The third kappa shape index (κ3) is 4.13. The van der Waals surface area contributed by atoms with Crippen LogP contribution in [0.2, 0.25) is 0 Å². The molecule has 0 radical (unpaired) electrons. The highest BCUT2D eigenvalue weighted by molar-refractivity contribution is 5.34. The lowest BCUT2D eigenvalue weighted by atomic mass is 9.77. The molecular formula is C17H29N. The fourth-order valence-corrected chi connectivity index (χ4v) is 2.32. The van der Waals surface area contributed by atoms with Crippen molar-refractivity contribution in [3.05, 3.63) is 34.9 Å². The minimum Gasteiger partial charge on any atom is -0.327 e. The summed E-state index contributed by atoms with van der Waals surface area (Å²) < 4.78 is 0. The van der Waals surface area contributed by atoms with Gasteiger partial charge < -0.3 is 5.73 Å². The van der Waals surface area contributed by atoms with Gasteiger partial charge in [0.05, 0.1) is 0 Å². The molecule has 0 saturated heterocycles. The van der Waals surface area contributed by atoms with Crippen molar-refractivity contribution >= 4 is 0 Å². The largest absolute Gasteiger partial charge is 0.327 e. The van der Waals surface area contributed by atoms with Gasteiger partial charge in [-0.25, -0.2) is 0 Å². The van der Waals surface area contributed by atoms with Crippen LogP contribution in [0.25, 0.3) is 0 Å². The van der Waals surface area contributed by atoms with E-state index in [0.717, 1.165) is 12.8 Å². The SMILES string of the molecule is Cc1cccc(C)c1CC(N)CC(C)C(C)(C)C. The van der Waals surface area contributed by atoms with Gasteiger partial charge in [-0.1, -0.05) is 45.9 Å². The molecule has 0 aromatic heterocycles. The summed E-state index contributed by atoms with van der Waals surface area (Å²) in [5.41, 5.74) is 10.9. The van der Waals surface area contributed by atoms with E-state index in [-0.39, 0.29) is 6.04 Å². The normalized spacial score (nSPS) is 15.5. The van der Waals surface area contributed by atoms with Crippen molar-refractivity contribution in [2.45, 2.75) is 60.4 Å². The second kappa shape index (κ2) is 5.88. The Bertz CT molecular complexity index is 367. The van der Waals surface area contributed by atoms with Gasteiger partial charge >= 0.3 is 0 Å². The quantitative estimate of drug-likeness (QED) is 0.846. The van der Waals surface area contributed by atoms with Crippen LogP contribution in [0.15, 0.2) is 18.2 Å². The lowest BCUT2D eigenvalue weighted by Gasteiger charge is -2.30. The third-order valence-corrected chi connectivity index (χ3v) is 4.25. The Balaban J connectivity index is 2.68. The number of hydrogen-bond acceptors (Lipinski definition) is 1. The molecule has 2 unspecified atom stereocenters. The van der Waals surface area contributed by atoms with Crippen molar-refractivity contribution in [1.29, 1.82) is 0 Å². The molecule has 2 N–H and O–H groups in total. The van der Waals surface area contributed by atoms with Crippen molar-refractivity contribution in [3.8, 4) is 0 Å². The van der Waals surface area contributed by atoms with Crippen LogP contribution in [-0.4, -0.2) is 6.04 Å². The third-order valence-electron chi connectivity index (χ3n) is 4.25. The number of nitrogens with two attached hydrogens (primary N) is 1. The maximum atomic E-state index is 6.34. The van der Waals surface area contributed by atoms with Crippen LogP contribution in [0.5, 0.6) is 0 Å². The summed E-state index contributed by atoms with van der Waals surface area (Å²) in [6, 6.07) is 6.75. The monoisotopic (exact) mass is 247 g/mol. The van der Waals surface area contributed by atoms with Gasteiger partial charge in [-0.05, 0) is 54.7 Å². The average molecular weight is 247 g/mol. The van der Waals surface area contributed by atoms with Gasteiger partial charge in [0.1, 0.15) is 0 Å². The minimum atomic E-state index is 0.263. The van der Waals surface area contributed by atoms with Crippen molar-refractivity contribution in [3.63, 3.8) is 0 Å². The maximum Gasteiger partial charge on any atom is 0.00822 e. The number of benzene rings is 1. The first kappa shape index (κ1) is 15.2. The number of hydrogen-bond donors (Lipinski definition) is 1. The van der Waals surface area contributed by atoms with E-state index in [0.29, 0.717) is 11.3 Å². The highest BCUT2D eigenvalue weighted by atomic mass is 14.6. The second-order valence-electron chi connectivity index (χ2n) is 6.84. The fraction of sp³-hybridized carbons (Fsp3) is 0.647. The molecule has 1 heteroatoms. The predicted molar refractivity (Wildman–Crippen MR) is 80.8 cm³/mol. The summed E-state index contributed by atoms with van der Waals surface area (Å²) in [5, 5.41) is 0. The van der Waals surface area contributed by atoms with Crippen LogP contribution in [0.1, 0.15) is 50.8 Å². The van der Waals surface area contributed by atoms with E-state index < -0.39 is 0 Å². The zero-order valence-corrected chi connectivity index (χ0v) is 12.9. The fourth-order valence-electron chi connectivity index (χ4n) is 2.32. The molecule has 0 bridgehead atoms. The molecule has 1 aromatic rings. The summed E-state index contributed by atoms with van der Waals surface area (Å²) in [6.07, 6.45) is 2.09. The number of aryl methyl sites for hydroxylation is 2. The lowest BCUT2D eigenvalue weighted by Crippen LogP contribution is -2.30. The summed E-state index contributed by atoms with van der Waals surface area (Å²) in [6.45, 7) is 13.6. The van der Waals surface area contributed by atoms with Crippen LogP contribution in [0.4, 0.5) is 0 Å². The van der Waals surface area contributed by atoms with Crippen LogP contribution < -0.4 is 5.73 Å². The van der Waals surface area contributed by atoms with Crippen molar-refractivity contribution in [1.82, 2.24) is 0 Å². The molecule has 0 aliphatic rings. The van der Waals surface area contributed by atoms with Crippen LogP contribution >= 0.6 is 0 Å². The highest BCUT2D eigenvalue weighted by Gasteiger charge is 2.22. The minimum absolute atomic E-state index is 0.263. The topological polar surface area (TPSA) is 26.0 Å². The Morgan fingerprint density at radius 3 is 2.06 bits per heavy atom. The zero-order valence-electron chi connectivity index (χ0n) is 12.9. The molecule has 0 spiro atoms. The Labute approximate surface area is 113 Å². The lowest BCUT2D eigenvalue weighted by molar-refractivity contribution is 0.233. The Kier molecular flexibility index (Phi) is 4.98. The van der Waals surface area contributed by atoms with E-state index in [1.54, 1.807) is 0 Å². The molecule has 1 rings (SSSR count). The molecule has 0 aliphatic carbocycles. The van der Waals surface area contributed by atoms with E-state index in [9.17, 15) is 0 Å². The van der Waals surface area contributed by atoms with Gasteiger partial charge in [-0.3, -0.25) is 0 Å². The van der Waals surface area contributed by atoms with Gasteiger partial charge in [0.2, 0.25) is 0 Å². The predicted octanol–water partition coefficient (Wildman–Crippen LogP) is 4.25. The van der Waals surface area contributed by atoms with E-state index in [1.807, 2.05) is 0 Å². The van der Waals surface area contributed by atoms with Crippen LogP contribution in [-0.2, 0) is 6.42 Å². The van der Waals surface area contributed by atoms with Crippen molar-refractivity contribution in [2.24, 2.45) is 17.1 Å². The molecule has 0 amide bonds. The summed E-state index contributed by atoms with van der Waals surface area (Å²) in [5.74, 6) is 0.650. The van der Waals surface area contributed by atoms with Crippen molar-refractivity contribution < 1.29 is 0 Å². The van der Waals surface area contributed by atoms with E-state index >= 15 is 0 Å². The smallest absolute Gasteiger partial charge is 0.00822 e. The molecule has 0 saturated carbocycles. The highest BCUT2D eigenvalue weighted by Crippen LogP contribution is 2.29. The molecule has 0 aliphatic heterocycles. The van der Waals surface area contributed by atoms with Crippen LogP contribution in [0.3, 0.4) is 0 Å². The Morgan fingerprint density at radius 1 is 1.11 bits per heavy atom. The first-order valence-electron chi connectivity index (χ1n) is 7.02. The number of rotatable bonds is 4. The average Bonchev–Trinajstić information content (AvgIpc) is 2.22. The molecule has 0 fully saturated rings. The standard InChI is InChI=1S/C17H29N/c1-12-8-7-9-13(2)16(12)11-15(18)10-14(3)17(4,5)6/h7-9,14-15H,10-11,18H2,1-6H3. The van der Waals surface area contributed by atoms with Gasteiger partial charge in [0, 0.05) is 6.04 Å². The first-order chi connectivity index (χ1) is 8.21. The summed E-state index contributed by atoms with van der Waals surface area (Å²) in [7, 11) is 0. The van der Waals surface area contributed by atoms with Gasteiger partial charge in [0.15, 0.2) is 0 Å². The van der Waals surface area contributed by atoms with E-state index in [4.69, 9.17) is 5.73 Å². The summed E-state index contributed by atoms with van der Waals surface area (Å²) >= 11 is 0. The molecule has 102 valence electrons. The van der Waals surface area contributed by atoms with E-state index in [1.165, 1.54) is 16.7 Å². The Hall–Kier alpha value is -0.820. The Morgan fingerprint density at radius 2 is 1.61 bits per heavy atom. The first-order valence-corrected chi connectivity index (χ1v) is 7.02. The molecule has 1 nitrogen and oxygen atoms in total. The molecule has 18 heavy (non-hydrogen) atoms. The molecule has 0 heterocycles. The van der Waals surface area contributed by atoms with Gasteiger partial charge in [0.25, 0.3) is 0 Å². The molecular weight excluding hydrogens is 218 g/mol. The van der Waals surface area contributed by atoms with Crippen molar-refractivity contribution in [2.75, 3.05) is 0 Å². The zero-order chi connectivity index (χ0) is 13.9. The van der Waals surface area contributed by atoms with E-state index in [2.05, 4.69) is 59.7 Å². The van der Waals surface area contributed by atoms with Crippen LogP contribution in [0, 0.1) is 25.2 Å². The van der Waals surface area contributed by atoms with Gasteiger partial charge in [-0.2, -0.15) is 0 Å². The van der Waals surface area contributed by atoms with Gasteiger partial charge in [-0.15, -0.1) is 0 Å². The molecule has 2 atom stereocenters. The maximum absolute atomic E-state index is 6.34. The second-order valence-corrected chi connectivity index (χ2v) is 6.84. The molecule has 1 aromatic carbocycles.